The third-order valence-corrected chi connectivity index (χ3v) is 6.31. The summed E-state index contributed by atoms with van der Waals surface area (Å²) in [5.41, 5.74) is 0. The average Bonchev–Trinajstić information content (AvgIpc) is 2.68. The number of carbonyl (C=O) groups excluding carboxylic acids is 1. The van der Waals surface area contributed by atoms with E-state index in [0.29, 0.717) is 5.78 Å². The minimum atomic E-state index is 0.350. The fourth-order valence-corrected chi connectivity index (χ4v) is 4.29. The number of ketones is 1. The highest BCUT2D eigenvalue weighted by Gasteiger charge is 1.97. The molecule has 0 spiro atoms. The monoisotopic (exact) mass is 408 g/mol. The number of unbranched alkanes of at least 4 members (excludes halogenated alkanes) is 20. The van der Waals surface area contributed by atoms with Gasteiger partial charge in [0.15, 0.2) is 0 Å². The van der Waals surface area contributed by atoms with Gasteiger partial charge in [-0.25, -0.2) is 0 Å². The molecule has 1 heteroatoms. The van der Waals surface area contributed by atoms with Crippen LogP contribution in [0, 0.1) is 5.92 Å². The Hall–Kier alpha value is -0.330. The van der Waals surface area contributed by atoms with E-state index in [1.54, 1.807) is 6.92 Å². The van der Waals surface area contributed by atoms with E-state index in [-0.39, 0.29) is 0 Å². The average molecular weight is 409 g/mol. The summed E-state index contributed by atoms with van der Waals surface area (Å²) in [5.74, 6) is 1.24. The van der Waals surface area contributed by atoms with Gasteiger partial charge in [-0.05, 0) is 19.3 Å². The largest absolute Gasteiger partial charge is 0.300 e. The van der Waals surface area contributed by atoms with E-state index in [4.69, 9.17) is 0 Å². The zero-order chi connectivity index (χ0) is 21.4. The van der Waals surface area contributed by atoms with Crippen LogP contribution in [-0.2, 0) is 4.79 Å². The molecule has 0 aliphatic heterocycles. The third kappa shape index (κ3) is 27.7. The van der Waals surface area contributed by atoms with Gasteiger partial charge in [0.1, 0.15) is 5.78 Å². The first-order chi connectivity index (χ1) is 14.1. The second-order valence-corrected chi connectivity index (χ2v) is 10.1. The Labute approximate surface area is 185 Å². The van der Waals surface area contributed by atoms with Crippen LogP contribution in [0.3, 0.4) is 0 Å². The highest BCUT2D eigenvalue weighted by molar-refractivity contribution is 5.75. The Morgan fingerprint density at radius 1 is 0.448 bits per heavy atom. The van der Waals surface area contributed by atoms with E-state index in [9.17, 15) is 4.79 Å². The lowest BCUT2D eigenvalue weighted by molar-refractivity contribution is -0.117. The molecule has 0 bridgehead atoms. The second kappa shape index (κ2) is 23.9. The molecule has 0 N–H and O–H groups in total. The Balaban J connectivity index is 3.01. The number of Topliss-reactive ketones (excluding diaryl/α,β-unsaturated/α-hetero) is 1. The van der Waals surface area contributed by atoms with Crippen LogP contribution in [0.2, 0.25) is 0 Å². The quantitative estimate of drug-likeness (QED) is 0.145. The van der Waals surface area contributed by atoms with Crippen molar-refractivity contribution in [1.82, 2.24) is 0 Å². The molecule has 0 aromatic rings. The van der Waals surface area contributed by atoms with Crippen LogP contribution >= 0.6 is 0 Å². The molecule has 0 heterocycles. The maximum Gasteiger partial charge on any atom is 0.129 e. The zero-order valence-corrected chi connectivity index (χ0v) is 20.7. The lowest BCUT2D eigenvalue weighted by atomic mass is 10.0. The summed E-state index contributed by atoms with van der Waals surface area (Å²) in [6.07, 6.45) is 32.0. The summed E-state index contributed by atoms with van der Waals surface area (Å²) in [5, 5.41) is 0. The molecule has 0 unspecified atom stereocenters. The smallest absolute Gasteiger partial charge is 0.129 e. The van der Waals surface area contributed by atoms with Crippen molar-refractivity contribution in [2.24, 2.45) is 5.92 Å². The first-order valence-electron chi connectivity index (χ1n) is 13.6. The van der Waals surface area contributed by atoms with Gasteiger partial charge in [0.2, 0.25) is 0 Å². The maximum atomic E-state index is 10.9. The SMILES string of the molecule is CC(=O)CCCCCCCCCCCCCCCCCCCCCCCC(C)C. The van der Waals surface area contributed by atoms with Crippen molar-refractivity contribution in [3.05, 3.63) is 0 Å². The molecule has 29 heavy (non-hydrogen) atoms. The van der Waals surface area contributed by atoms with E-state index in [2.05, 4.69) is 13.8 Å². The molecule has 0 saturated carbocycles. The van der Waals surface area contributed by atoms with E-state index in [1.165, 1.54) is 135 Å². The van der Waals surface area contributed by atoms with Crippen LogP contribution in [0.15, 0.2) is 0 Å². The van der Waals surface area contributed by atoms with Gasteiger partial charge in [0, 0.05) is 6.42 Å². The zero-order valence-electron chi connectivity index (χ0n) is 20.7. The van der Waals surface area contributed by atoms with E-state index in [1.807, 2.05) is 0 Å². The summed E-state index contributed by atoms with van der Waals surface area (Å²) in [7, 11) is 0. The Morgan fingerprint density at radius 3 is 0.931 bits per heavy atom. The van der Waals surface area contributed by atoms with Crippen molar-refractivity contribution >= 4 is 5.78 Å². The molecule has 0 fully saturated rings. The maximum absolute atomic E-state index is 10.9. The van der Waals surface area contributed by atoms with Gasteiger partial charge >= 0.3 is 0 Å². The molecule has 0 rings (SSSR count). The van der Waals surface area contributed by atoms with Gasteiger partial charge in [0.05, 0.1) is 0 Å². The van der Waals surface area contributed by atoms with Gasteiger partial charge in [-0.2, -0.15) is 0 Å². The van der Waals surface area contributed by atoms with Crippen LogP contribution < -0.4 is 0 Å². The molecule has 0 atom stereocenters. The van der Waals surface area contributed by atoms with Crippen LogP contribution in [0.25, 0.3) is 0 Å². The van der Waals surface area contributed by atoms with Crippen molar-refractivity contribution in [1.29, 1.82) is 0 Å². The van der Waals surface area contributed by atoms with Gasteiger partial charge in [-0.3, -0.25) is 0 Å². The number of rotatable bonds is 24. The number of hydrogen-bond donors (Lipinski definition) is 0. The molecule has 0 aromatic carbocycles. The highest BCUT2D eigenvalue weighted by atomic mass is 16.1. The Morgan fingerprint density at radius 2 is 0.690 bits per heavy atom. The summed E-state index contributed by atoms with van der Waals surface area (Å²) in [6.45, 7) is 6.38. The highest BCUT2D eigenvalue weighted by Crippen LogP contribution is 2.16. The van der Waals surface area contributed by atoms with Gasteiger partial charge in [0.25, 0.3) is 0 Å². The molecule has 0 amide bonds. The fraction of sp³-hybridized carbons (Fsp3) is 0.964. The van der Waals surface area contributed by atoms with E-state index >= 15 is 0 Å². The van der Waals surface area contributed by atoms with Gasteiger partial charge < -0.3 is 4.79 Å². The standard InChI is InChI=1S/C28H56O/c1-27(2)25-23-21-19-17-15-13-11-9-7-5-4-6-8-10-12-14-16-18-20-22-24-26-28(3)29/h27H,4-26H2,1-3H3. The summed E-state index contributed by atoms with van der Waals surface area (Å²) in [6, 6.07) is 0. The lowest BCUT2D eigenvalue weighted by Gasteiger charge is -2.05. The number of carbonyl (C=O) groups is 1. The van der Waals surface area contributed by atoms with Crippen molar-refractivity contribution in [2.45, 2.75) is 168 Å². The molecule has 0 aliphatic rings. The van der Waals surface area contributed by atoms with Gasteiger partial charge in [-0.1, -0.05) is 149 Å². The van der Waals surface area contributed by atoms with Crippen molar-refractivity contribution in [3.63, 3.8) is 0 Å². The molecule has 1 nitrogen and oxygen atoms in total. The van der Waals surface area contributed by atoms with Crippen molar-refractivity contribution < 1.29 is 4.79 Å². The topological polar surface area (TPSA) is 17.1 Å². The molecule has 0 saturated heterocycles. The van der Waals surface area contributed by atoms with Crippen molar-refractivity contribution in [3.8, 4) is 0 Å². The predicted octanol–water partition coefficient (Wildman–Crippen LogP) is 10.2. The Kier molecular flexibility index (Phi) is 23.7. The fourth-order valence-electron chi connectivity index (χ4n) is 4.29. The normalized spacial score (nSPS) is 11.4. The summed E-state index contributed by atoms with van der Waals surface area (Å²) < 4.78 is 0. The van der Waals surface area contributed by atoms with Gasteiger partial charge in [-0.15, -0.1) is 0 Å². The predicted molar refractivity (Wildman–Crippen MR) is 132 cm³/mol. The van der Waals surface area contributed by atoms with E-state index < -0.39 is 0 Å². The molecule has 174 valence electrons. The third-order valence-electron chi connectivity index (χ3n) is 6.31. The molecule has 0 aromatic heterocycles. The molecule has 0 radical (unpaired) electrons. The number of hydrogen-bond acceptors (Lipinski definition) is 1. The molecular weight excluding hydrogens is 352 g/mol. The molecular formula is C28H56O. The van der Waals surface area contributed by atoms with Crippen LogP contribution in [0.1, 0.15) is 168 Å². The van der Waals surface area contributed by atoms with Crippen molar-refractivity contribution in [2.75, 3.05) is 0 Å². The van der Waals surface area contributed by atoms with E-state index in [0.717, 1.165) is 18.8 Å². The Bertz CT molecular complexity index is 320. The first-order valence-corrected chi connectivity index (χ1v) is 13.6. The minimum absolute atomic E-state index is 0.350. The lowest BCUT2D eigenvalue weighted by Crippen LogP contribution is -1.89. The van der Waals surface area contributed by atoms with Crippen LogP contribution in [-0.4, -0.2) is 5.78 Å². The summed E-state index contributed by atoms with van der Waals surface area (Å²) in [4.78, 5) is 10.9. The second-order valence-electron chi connectivity index (χ2n) is 10.1. The van der Waals surface area contributed by atoms with Crippen LogP contribution in [0.4, 0.5) is 0 Å². The molecule has 0 aliphatic carbocycles. The van der Waals surface area contributed by atoms with Crippen LogP contribution in [0.5, 0.6) is 0 Å². The first kappa shape index (κ1) is 28.7. The minimum Gasteiger partial charge on any atom is -0.300 e. The summed E-state index contributed by atoms with van der Waals surface area (Å²) >= 11 is 0.